The SMILES string of the molecule is Cc1cc(C)cc(-n2nc3c(c2N)CCCC3)c1. The highest BCUT2D eigenvalue weighted by atomic mass is 15.3. The number of aryl methyl sites for hydroxylation is 3. The molecule has 0 unspecified atom stereocenters. The van der Waals surface area contributed by atoms with Crippen molar-refractivity contribution >= 4 is 5.82 Å². The minimum atomic E-state index is 0.828. The summed E-state index contributed by atoms with van der Waals surface area (Å²) in [6.07, 6.45) is 4.61. The number of nitrogen functional groups attached to an aromatic ring is 1. The molecule has 0 saturated carbocycles. The monoisotopic (exact) mass is 241 g/mol. The summed E-state index contributed by atoms with van der Waals surface area (Å²) in [6, 6.07) is 6.45. The summed E-state index contributed by atoms with van der Waals surface area (Å²) in [5.41, 5.74) is 12.3. The molecule has 1 aromatic carbocycles. The first-order chi connectivity index (χ1) is 8.65. The fourth-order valence-electron chi connectivity index (χ4n) is 2.85. The third-order valence-electron chi connectivity index (χ3n) is 3.65. The molecule has 94 valence electrons. The van der Waals surface area contributed by atoms with Crippen LogP contribution in [0.4, 0.5) is 5.82 Å². The maximum absolute atomic E-state index is 6.26. The van der Waals surface area contributed by atoms with Crippen LogP contribution in [0.2, 0.25) is 0 Å². The molecule has 3 heteroatoms. The van der Waals surface area contributed by atoms with Crippen LogP contribution in [-0.4, -0.2) is 9.78 Å². The van der Waals surface area contributed by atoms with E-state index in [-0.39, 0.29) is 0 Å². The first-order valence-corrected chi connectivity index (χ1v) is 6.60. The molecule has 1 heterocycles. The van der Waals surface area contributed by atoms with Gasteiger partial charge in [0, 0.05) is 5.56 Å². The Kier molecular flexibility index (Phi) is 2.62. The molecule has 0 saturated heterocycles. The largest absolute Gasteiger partial charge is 0.383 e. The third-order valence-corrected chi connectivity index (χ3v) is 3.65. The number of anilines is 1. The summed E-state index contributed by atoms with van der Waals surface area (Å²) in [6.45, 7) is 4.21. The minimum Gasteiger partial charge on any atom is -0.383 e. The van der Waals surface area contributed by atoms with Gasteiger partial charge < -0.3 is 5.73 Å². The number of rotatable bonds is 1. The molecule has 0 bridgehead atoms. The molecule has 3 nitrogen and oxygen atoms in total. The van der Waals surface area contributed by atoms with Gasteiger partial charge in [0.1, 0.15) is 5.82 Å². The Morgan fingerprint density at radius 2 is 1.72 bits per heavy atom. The second-order valence-electron chi connectivity index (χ2n) is 5.28. The molecule has 2 N–H and O–H groups in total. The zero-order valence-electron chi connectivity index (χ0n) is 11.0. The molecule has 2 aromatic rings. The molecule has 0 spiro atoms. The summed E-state index contributed by atoms with van der Waals surface area (Å²) in [5, 5.41) is 4.69. The van der Waals surface area contributed by atoms with Crippen molar-refractivity contribution in [1.82, 2.24) is 9.78 Å². The average molecular weight is 241 g/mol. The van der Waals surface area contributed by atoms with E-state index in [0.717, 1.165) is 24.3 Å². The van der Waals surface area contributed by atoms with Crippen molar-refractivity contribution in [2.75, 3.05) is 5.73 Å². The van der Waals surface area contributed by atoms with E-state index in [1.54, 1.807) is 0 Å². The highest BCUT2D eigenvalue weighted by molar-refractivity contribution is 5.52. The van der Waals surface area contributed by atoms with E-state index >= 15 is 0 Å². The van der Waals surface area contributed by atoms with E-state index in [1.165, 1.54) is 35.2 Å². The van der Waals surface area contributed by atoms with Gasteiger partial charge in [-0.1, -0.05) is 6.07 Å². The first kappa shape index (κ1) is 11.3. The van der Waals surface area contributed by atoms with Crippen molar-refractivity contribution in [2.45, 2.75) is 39.5 Å². The molecule has 0 aliphatic heterocycles. The number of hydrogen-bond acceptors (Lipinski definition) is 2. The van der Waals surface area contributed by atoms with E-state index in [2.05, 4.69) is 32.0 Å². The zero-order valence-corrected chi connectivity index (χ0v) is 11.0. The van der Waals surface area contributed by atoms with Crippen molar-refractivity contribution in [3.05, 3.63) is 40.6 Å². The molecule has 1 aliphatic rings. The van der Waals surface area contributed by atoms with E-state index in [9.17, 15) is 0 Å². The Morgan fingerprint density at radius 1 is 1.06 bits per heavy atom. The fraction of sp³-hybridized carbons (Fsp3) is 0.400. The molecule has 0 atom stereocenters. The van der Waals surface area contributed by atoms with Crippen LogP contribution in [0.1, 0.15) is 35.2 Å². The van der Waals surface area contributed by atoms with E-state index in [1.807, 2.05) is 4.68 Å². The molecule has 1 aliphatic carbocycles. The van der Waals surface area contributed by atoms with E-state index in [4.69, 9.17) is 10.8 Å². The van der Waals surface area contributed by atoms with Crippen LogP contribution in [0.5, 0.6) is 0 Å². The van der Waals surface area contributed by atoms with Crippen LogP contribution >= 0.6 is 0 Å². The number of benzene rings is 1. The highest BCUT2D eigenvalue weighted by Gasteiger charge is 2.19. The number of aromatic nitrogens is 2. The second kappa shape index (κ2) is 4.16. The van der Waals surface area contributed by atoms with Gasteiger partial charge in [0.2, 0.25) is 0 Å². The normalized spacial score (nSPS) is 14.6. The Bertz CT molecular complexity index is 576. The highest BCUT2D eigenvalue weighted by Crippen LogP contribution is 2.28. The maximum atomic E-state index is 6.26. The van der Waals surface area contributed by atoms with Crippen LogP contribution in [0.15, 0.2) is 18.2 Å². The minimum absolute atomic E-state index is 0.828. The molecule has 0 amide bonds. The first-order valence-electron chi connectivity index (χ1n) is 6.60. The Balaban J connectivity index is 2.14. The topological polar surface area (TPSA) is 43.8 Å². The van der Waals surface area contributed by atoms with Crippen LogP contribution < -0.4 is 5.73 Å². The number of nitrogens with zero attached hydrogens (tertiary/aromatic N) is 2. The summed E-state index contributed by atoms with van der Waals surface area (Å²) >= 11 is 0. The Morgan fingerprint density at radius 3 is 2.39 bits per heavy atom. The summed E-state index contributed by atoms with van der Waals surface area (Å²) < 4.78 is 1.91. The average Bonchev–Trinajstić information content (AvgIpc) is 2.66. The van der Waals surface area contributed by atoms with Gasteiger partial charge in [-0.3, -0.25) is 0 Å². The van der Waals surface area contributed by atoms with Crippen LogP contribution in [0.25, 0.3) is 5.69 Å². The molecular formula is C15H19N3. The predicted octanol–water partition coefficient (Wildman–Crippen LogP) is 2.95. The lowest BCUT2D eigenvalue weighted by atomic mass is 9.98. The van der Waals surface area contributed by atoms with Gasteiger partial charge in [-0.25, -0.2) is 4.68 Å². The van der Waals surface area contributed by atoms with Gasteiger partial charge in [-0.15, -0.1) is 0 Å². The molecule has 3 rings (SSSR count). The molecular weight excluding hydrogens is 222 g/mol. The van der Waals surface area contributed by atoms with Crippen molar-refractivity contribution in [3.8, 4) is 5.69 Å². The summed E-state index contributed by atoms with van der Waals surface area (Å²) in [4.78, 5) is 0. The summed E-state index contributed by atoms with van der Waals surface area (Å²) in [7, 11) is 0. The van der Waals surface area contributed by atoms with Gasteiger partial charge in [0.05, 0.1) is 11.4 Å². The van der Waals surface area contributed by atoms with Gasteiger partial charge in [-0.2, -0.15) is 5.10 Å². The number of nitrogens with two attached hydrogens (primary N) is 1. The number of fused-ring (bicyclic) bond motifs is 1. The molecule has 0 fully saturated rings. The maximum Gasteiger partial charge on any atom is 0.130 e. The smallest absolute Gasteiger partial charge is 0.130 e. The lowest BCUT2D eigenvalue weighted by Gasteiger charge is -2.09. The van der Waals surface area contributed by atoms with Crippen LogP contribution in [0, 0.1) is 13.8 Å². The van der Waals surface area contributed by atoms with Gasteiger partial charge >= 0.3 is 0 Å². The quantitative estimate of drug-likeness (QED) is 0.834. The second-order valence-corrected chi connectivity index (χ2v) is 5.28. The number of hydrogen-bond donors (Lipinski definition) is 1. The van der Waals surface area contributed by atoms with Crippen molar-refractivity contribution in [1.29, 1.82) is 0 Å². The van der Waals surface area contributed by atoms with Crippen molar-refractivity contribution in [2.24, 2.45) is 0 Å². The van der Waals surface area contributed by atoms with Crippen LogP contribution in [0.3, 0.4) is 0 Å². The Labute approximate surface area is 108 Å². The van der Waals surface area contributed by atoms with Gasteiger partial charge in [0.15, 0.2) is 0 Å². The van der Waals surface area contributed by atoms with Crippen molar-refractivity contribution < 1.29 is 0 Å². The zero-order chi connectivity index (χ0) is 12.7. The third kappa shape index (κ3) is 1.80. The lowest BCUT2D eigenvalue weighted by Crippen LogP contribution is -2.04. The molecule has 18 heavy (non-hydrogen) atoms. The molecule has 0 radical (unpaired) electrons. The molecule has 1 aromatic heterocycles. The predicted molar refractivity (Wildman–Crippen MR) is 74.1 cm³/mol. The fourth-order valence-corrected chi connectivity index (χ4v) is 2.85. The van der Waals surface area contributed by atoms with Crippen molar-refractivity contribution in [3.63, 3.8) is 0 Å². The van der Waals surface area contributed by atoms with Crippen LogP contribution in [-0.2, 0) is 12.8 Å². The van der Waals surface area contributed by atoms with Gasteiger partial charge in [-0.05, 0) is 62.8 Å². The Hall–Kier alpha value is -1.77. The summed E-state index contributed by atoms with van der Waals surface area (Å²) in [5.74, 6) is 0.828. The standard InChI is InChI=1S/C15H19N3/c1-10-7-11(2)9-12(8-10)18-15(16)13-5-3-4-6-14(13)17-18/h7-9H,3-6,16H2,1-2H3. The lowest BCUT2D eigenvalue weighted by molar-refractivity contribution is 0.671. The van der Waals surface area contributed by atoms with E-state index < -0.39 is 0 Å². The van der Waals surface area contributed by atoms with Gasteiger partial charge in [0.25, 0.3) is 0 Å². The van der Waals surface area contributed by atoms with E-state index in [0.29, 0.717) is 0 Å².